The van der Waals surface area contributed by atoms with E-state index in [0.717, 1.165) is 22.4 Å². The fraction of sp³-hybridized carbons (Fsp3) is 0.107. The number of hydrogen-bond donors (Lipinski definition) is 0. The molecule has 0 amide bonds. The summed E-state index contributed by atoms with van der Waals surface area (Å²) in [6, 6.07) is 38.7. The van der Waals surface area contributed by atoms with Crippen molar-refractivity contribution >= 4 is 15.7 Å². The fourth-order valence-electron chi connectivity index (χ4n) is 4.22. The van der Waals surface area contributed by atoms with Crippen LogP contribution in [0.5, 0.6) is 0 Å². The van der Waals surface area contributed by atoms with E-state index >= 15 is 0 Å². The van der Waals surface area contributed by atoms with Crippen molar-refractivity contribution in [1.29, 1.82) is 0 Å². The molecular weight excluding hydrogens is 428 g/mol. The van der Waals surface area contributed by atoms with E-state index in [9.17, 15) is 8.42 Å². The number of benzene rings is 4. The van der Waals surface area contributed by atoms with Crippen LogP contribution in [0.1, 0.15) is 16.7 Å². The SMILES string of the molecule is O=S(=O)(c1ccccc1)N1CC(N=C(c2ccccc2)c2ccccc2)(c2ccccc2)C1. The molecule has 33 heavy (non-hydrogen) atoms. The molecule has 0 bridgehead atoms. The Balaban J connectivity index is 1.60. The van der Waals surface area contributed by atoms with E-state index in [2.05, 4.69) is 0 Å². The van der Waals surface area contributed by atoms with E-state index in [4.69, 9.17) is 4.99 Å². The van der Waals surface area contributed by atoms with Crippen LogP contribution in [0.2, 0.25) is 0 Å². The lowest BCUT2D eigenvalue weighted by atomic mass is 9.84. The van der Waals surface area contributed by atoms with E-state index in [0.29, 0.717) is 4.90 Å². The Bertz CT molecular complexity index is 1310. The van der Waals surface area contributed by atoms with E-state index < -0.39 is 15.6 Å². The van der Waals surface area contributed by atoms with Crippen LogP contribution in [0.25, 0.3) is 0 Å². The Morgan fingerprint density at radius 1 is 0.636 bits per heavy atom. The first-order valence-electron chi connectivity index (χ1n) is 10.9. The number of aliphatic imine (C=N–C) groups is 1. The minimum Gasteiger partial charge on any atom is -0.270 e. The van der Waals surface area contributed by atoms with Crippen molar-refractivity contribution in [1.82, 2.24) is 4.31 Å². The molecule has 0 radical (unpaired) electrons. The normalized spacial score (nSPS) is 15.4. The van der Waals surface area contributed by atoms with Crippen molar-refractivity contribution in [2.45, 2.75) is 10.4 Å². The Morgan fingerprint density at radius 3 is 1.55 bits per heavy atom. The number of sulfonamides is 1. The van der Waals surface area contributed by atoms with Gasteiger partial charge in [-0.05, 0) is 17.7 Å². The number of hydrogen-bond acceptors (Lipinski definition) is 3. The lowest BCUT2D eigenvalue weighted by molar-refractivity contribution is 0.161. The summed E-state index contributed by atoms with van der Waals surface area (Å²) in [7, 11) is -3.58. The molecule has 5 rings (SSSR count). The van der Waals surface area contributed by atoms with Crippen LogP contribution >= 0.6 is 0 Å². The summed E-state index contributed by atoms with van der Waals surface area (Å²) >= 11 is 0. The third-order valence-electron chi connectivity index (χ3n) is 5.99. The highest BCUT2D eigenvalue weighted by molar-refractivity contribution is 7.89. The molecule has 1 aliphatic heterocycles. The zero-order chi connectivity index (χ0) is 22.7. The molecule has 0 atom stereocenters. The second-order valence-electron chi connectivity index (χ2n) is 8.18. The van der Waals surface area contributed by atoms with Crippen molar-refractivity contribution < 1.29 is 8.42 Å². The monoisotopic (exact) mass is 452 g/mol. The maximum absolute atomic E-state index is 13.2. The second-order valence-corrected chi connectivity index (χ2v) is 10.1. The molecule has 1 heterocycles. The first-order valence-corrected chi connectivity index (χ1v) is 12.3. The highest BCUT2D eigenvalue weighted by Gasteiger charge is 2.50. The van der Waals surface area contributed by atoms with Crippen molar-refractivity contribution in [2.24, 2.45) is 4.99 Å². The third-order valence-corrected chi connectivity index (χ3v) is 7.79. The van der Waals surface area contributed by atoms with Gasteiger partial charge in [-0.25, -0.2) is 8.42 Å². The summed E-state index contributed by atoms with van der Waals surface area (Å²) in [5, 5.41) is 0. The molecule has 1 fully saturated rings. The standard InChI is InChI=1S/C28H24N2O2S/c31-33(32,26-19-11-4-12-20-26)30-21-28(22-30,25-17-9-3-10-18-25)29-27(23-13-5-1-6-14-23)24-15-7-2-8-16-24/h1-20H,21-22H2. The van der Waals surface area contributed by atoms with Gasteiger partial charge in [0, 0.05) is 24.2 Å². The minimum atomic E-state index is -3.58. The van der Waals surface area contributed by atoms with Crippen LogP contribution in [0.15, 0.2) is 131 Å². The summed E-state index contributed by atoms with van der Waals surface area (Å²) in [4.78, 5) is 5.60. The Hall–Kier alpha value is -3.54. The first kappa shape index (κ1) is 21.3. The van der Waals surface area contributed by atoms with Crippen LogP contribution < -0.4 is 0 Å². The Morgan fingerprint density at radius 2 is 1.06 bits per heavy atom. The molecule has 0 aromatic heterocycles. The summed E-state index contributed by atoms with van der Waals surface area (Å²) in [5.41, 5.74) is 3.21. The smallest absolute Gasteiger partial charge is 0.243 e. The van der Waals surface area contributed by atoms with Gasteiger partial charge in [0.1, 0.15) is 5.54 Å². The van der Waals surface area contributed by atoms with Crippen molar-refractivity contribution in [2.75, 3.05) is 13.1 Å². The van der Waals surface area contributed by atoms with E-state index in [-0.39, 0.29) is 13.1 Å². The predicted molar refractivity (Wildman–Crippen MR) is 132 cm³/mol. The van der Waals surface area contributed by atoms with Crippen LogP contribution in [-0.2, 0) is 15.6 Å². The van der Waals surface area contributed by atoms with Crippen LogP contribution in [0.4, 0.5) is 0 Å². The summed E-state index contributed by atoms with van der Waals surface area (Å²) in [6.45, 7) is 0.578. The average molecular weight is 453 g/mol. The number of nitrogens with zero attached hydrogens (tertiary/aromatic N) is 2. The van der Waals surface area contributed by atoms with Gasteiger partial charge in [-0.2, -0.15) is 4.31 Å². The Labute approximate surface area is 194 Å². The second kappa shape index (κ2) is 8.77. The molecule has 0 aliphatic carbocycles. The maximum atomic E-state index is 13.2. The van der Waals surface area contributed by atoms with Crippen molar-refractivity contribution in [3.8, 4) is 0 Å². The predicted octanol–water partition coefficient (Wildman–Crippen LogP) is 5.12. The van der Waals surface area contributed by atoms with Gasteiger partial charge in [-0.1, -0.05) is 109 Å². The molecule has 0 spiro atoms. The summed E-state index contributed by atoms with van der Waals surface area (Å²) in [5.74, 6) is 0. The van der Waals surface area contributed by atoms with Crippen LogP contribution in [0, 0.1) is 0 Å². The van der Waals surface area contributed by atoms with Gasteiger partial charge < -0.3 is 0 Å². The fourth-order valence-corrected chi connectivity index (χ4v) is 5.78. The number of rotatable bonds is 6. The van der Waals surface area contributed by atoms with E-state index in [1.165, 1.54) is 4.31 Å². The van der Waals surface area contributed by atoms with E-state index in [1.807, 2.05) is 97.1 Å². The molecule has 4 nitrogen and oxygen atoms in total. The van der Waals surface area contributed by atoms with Gasteiger partial charge in [0.25, 0.3) is 0 Å². The first-order chi connectivity index (χ1) is 16.1. The molecular formula is C28H24N2O2S. The van der Waals surface area contributed by atoms with Gasteiger partial charge in [0.2, 0.25) is 10.0 Å². The summed E-state index contributed by atoms with van der Waals surface area (Å²) in [6.07, 6.45) is 0. The van der Waals surface area contributed by atoms with Crippen molar-refractivity contribution in [3.05, 3.63) is 138 Å². The van der Waals surface area contributed by atoms with Crippen molar-refractivity contribution in [3.63, 3.8) is 0 Å². The molecule has 0 unspecified atom stereocenters. The minimum absolute atomic E-state index is 0.289. The van der Waals surface area contributed by atoms with Crippen LogP contribution in [0.3, 0.4) is 0 Å². The average Bonchev–Trinajstić information content (AvgIpc) is 2.86. The molecule has 1 aliphatic rings. The molecule has 5 heteroatoms. The largest absolute Gasteiger partial charge is 0.270 e. The molecule has 0 saturated carbocycles. The van der Waals surface area contributed by atoms with Gasteiger partial charge in [-0.15, -0.1) is 0 Å². The molecule has 4 aromatic carbocycles. The highest BCUT2D eigenvalue weighted by Crippen LogP contribution is 2.40. The zero-order valence-electron chi connectivity index (χ0n) is 18.1. The maximum Gasteiger partial charge on any atom is 0.243 e. The zero-order valence-corrected chi connectivity index (χ0v) is 18.9. The molecule has 4 aromatic rings. The van der Waals surface area contributed by atoms with Gasteiger partial charge in [0.15, 0.2) is 0 Å². The van der Waals surface area contributed by atoms with Gasteiger partial charge in [0.05, 0.1) is 10.6 Å². The van der Waals surface area contributed by atoms with Crippen LogP contribution in [-0.4, -0.2) is 31.5 Å². The quantitative estimate of drug-likeness (QED) is 0.381. The van der Waals surface area contributed by atoms with E-state index in [1.54, 1.807) is 24.3 Å². The van der Waals surface area contributed by atoms with Gasteiger partial charge in [-0.3, -0.25) is 4.99 Å². The topological polar surface area (TPSA) is 49.7 Å². The molecule has 1 saturated heterocycles. The van der Waals surface area contributed by atoms with Gasteiger partial charge >= 0.3 is 0 Å². The highest BCUT2D eigenvalue weighted by atomic mass is 32.2. The molecule has 164 valence electrons. The third kappa shape index (κ3) is 4.13. The summed E-state index contributed by atoms with van der Waals surface area (Å²) < 4.78 is 28.0. The molecule has 0 N–H and O–H groups in total. The lowest BCUT2D eigenvalue weighted by Gasteiger charge is -2.47. The lowest BCUT2D eigenvalue weighted by Crippen LogP contribution is -2.60. The Kier molecular flexibility index (Phi) is 5.67.